The van der Waals surface area contributed by atoms with Crippen LogP contribution in [0.25, 0.3) is 0 Å². The lowest BCUT2D eigenvalue weighted by atomic mass is 9.96. The summed E-state index contributed by atoms with van der Waals surface area (Å²) in [6.07, 6.45) is 3.11. The van der Waals surface area contributed by atoms with E-state index in [0.717, 1.165) is 0 Å². The lowest BCUT2D eigenvalue weighted by Crippen LogP contribution is -2.24. The molecule has 0 aromatic rings. The summed E-state index contributed by atoms with van der Waals surface area (Å²) in [5.74, 6) is 0. The molecule has 0 radical (unpaired) electrons. The van der Waals surface area contributed by atoms with Crippen LogP contribution in [0, 0.1) is 0 Å². The van der Waals surface area contributed by atoms with Crippen LogP contribution in [0.4, 0.5) is 0 Å². The Bertz CT molecular complexity index is 194. The molecule has 2 nitrogen and oxygen atoms in total. The van der Waals surface area contributed by atoms with Crippen molar-refractivity contribution in [2.24, 2.45) is 0 Å². The van der Waals surface area contributed by atoms with Gasteiger partial charge in [0.2, 0.25) is 0 Å². The second kappa shape index (κ2) is 3.42. The maximum Gasteiger partial charge on any atom is 0.100 e. The number of aliphatic hydroxyl groups is 2. The molecule has 0 aromatic heterocycles. The van der Waals surface area contributed by atoms with Gasteiger partial charge in [-0.2, -0.15) is 0 Å². The molecule has 0 aromatic carbocycles. The summed E-state index contributed by atoms with van der Waals surface area (Å²) >= 11 is 0. The standard InChI is InChI=1S/C10H18O2/c1-8(2)10(5,12)7-6-9(3,4)11/h6-7,11-12H,1H2,2-5H3/b7-6-. The SMILES string of the molecule is C=C(C)C(C)(O)/C=C\C(C)(C)O. The predicted octanol–water partition coefficient (Wildman–Crippen LogP) is 1.64. The van der Waals surface area contributed by atoms with Crippen molar-refractivity contribution in [2.45, 2.75) is 38.9 Å². The quantitative estimate of drug-likeness (QED) is 0.632. The van der Waals surface area contributed by atoms with Gasteiger partial charge in [-0.05, 0) is 33.3 Å². The van der Waals surface area contributed by atoms with E-state index < -0.39 is 11.2 Å². The van der Waals surface area contributed by atoms with Crippen molar-refractivity contribution in [3.8, 4) is 0 Å². The van der Waals surface area contributed by atoms with Gasteiger partial charge in [0.1, 0.15) is 5.60 Å². The van der Waals surface area contributed by atoms with Crippen molar-refractivity contribution >= 4 is 0 Å². The Hall–Kier alpha value is -0.600. The largest absolute Gasteiger partial charge is 0.386 e. The minimum atomic E-state index is -1.03. The third kappa shape index (κ3) is 4.31. The summed E-state index contributed by atoms with van der Waals surface area (Å²) in [4.78, 5) is 0. The molecule has 2 heteroatoms. The Balaban J connectivity index is 4.45. The summed E-state index contributed by atoms with van der Waals surface area (Å²) in [6, 6.07) is 0. The molecule has 1 atom stereocenters. The fourth-order valence-electron chi connectivity index (χ4n) is 0.508. The molecule has 0 aliphatic rings. The van der Waals surface area contributed by atoms with Crippen LogP contribution in [-0.4, -0.2) is 21.4 Å². The lowest BCUT2D eigenvalue weighted by molar-refractivity contribution is 0.122. The average molecular weight is 170 g/mol. The third-order valence-electron chi connectivity index (χ3n) is 1.68. The van der Waals surface area contributed by atoms with E-state index in [0.29, 0.717) is 5.57 Å². The molecule has 1 unspecified atom stereocenters. The summed E-state index contributed by atoms with van der Waals surface area (Å²) in [5, 5.41) is 19.0. The topological polar surface area (TPSA) is 40.5 Å². The van der Waals surface area contributed by atoms with Crippen molar-refractivity contribution in [1.29, 1.82) is 0 Å². The molecular formula is C10H18O2. The fraction of sp³-hybridized carbons (Fsp3) is 0.600. The monoisotopic (exact) mass is 170 g/mol. The van der Waals surface area contributed by atoms with Crippen LogP contribution in [0.3, 0.4) is 0 Å². The van der Waals surface area contributed by atoms with Crippen molar-refractivity contribution in [3.05, 3.63) is 24.3 Å². The van der Waals surface area contributed by atoms with E-state index in [1.54, 1.807) is 39.8 Å². The van der Waals surface area contributed by atoms with Gasteiger partial charge < -0.3 is 10.2 Å². The fourth-order valence-corrected chi connectivity index (χ4v) is 0.508. The highest BCUT2D eigenvalue weighted by molar-refractivity contribution is 5.19. The molecule has 0 saturated heterocycles. The highest BCUT2D eigenvalue weighted by Gasteiger charge is 2.18. The smallest absolute Gasteiger partial charge is 0.100 e. The van der Waals surface area contributed by atoms with Crippen molar-refractivity contribution in [2.75, 3.05) is 0 Å². The second-order valence-corrected chi connectivity index (χ2v) is 3.91. The minimum Gasteiger partial charge on any atom is -0.386 e. The van der Waals surface area contributed by atoms with Crippen LogP contribution in [-0.2, 0) is 0 Å². The van der Waals surface area contributed by atoms with E-state index in [4.69, 9.17) is 0 Å². The molecule has 0 saturated carbocycles. The summed E-state index contributed by atoms with van der Waals surface area (Å²) in [5.41, 5.74) is -1.26. The first-order chi connectivity index (χ1) is 5.15. The average Bonchev–Trinajstić information content (AvgIpc) is 1.82. The van der Waals surface area contributed by atoms with E-state index in [-0.39, 0.29) is 0 Å². The molecule has 0 spiro atoms. The number of hydrogen-bond acceptors (Lipinski definition) is 2. The molecule has 0 aliphatic carbocycles. The molecule has 0 amide bonds. The van der Waals surface area contributed by atoms with Crippen molar-refractivity contribution in [1.82, 2.24) is 0 Å². The maximum absolute atomic E-state index is 9.66. The third-order valence-corrected chi connectivity index (χ3v) is 1.68. The number of hydrogen-bond donors (Lipinski definition) is 2. The molecule has 70 valence electrons. The van der Waals surface area contributed by atoms with E-state index in [1.807, 2.05) is 0 Å². The van der Waals surface area contributed by atoms with Crippen molar-refractivity contribution < 1.29 is 10.2 Å². The maximum atomic E-state index is 9.66. The Morgan fingerprint density at radius 2 is 1.58 bits per heavy atom. The highest BCUT2D eigenvalue weighted by Crippen LogP contribution is 2.17. The molecule has 12 heavy (non-hydrogen) atoms. The zero-order valence-corrected chi connectivity index (χ0v) is 8.26. The van der Waals surface area contributed by atoms with Gasteiger partial charge in [-0.25, -0.2) is 0 Å². The van der Waals surface area contributed by atoms with Crippen LogP contribution < -0.4 is 0 Å². The van der Waals surface area contributed by atoms with Gasteiger partial charge in [-0.15, -0.1) is 0 Å². The molecule has 0 heterocycles. The molecule has 0 bridgehead atoms. The Labute approximate surface area is 74.2 Å². The Kier molecular flexibility index (Phi) is 3.25. The van der Waals surface area contributed by atoms with E-state index in [9.17, 15) is 10.2 Å². The molecule has 0 rings (SSSR count). The molecular weight excluding hydrogens is 152 g/mol. The second-order valence-electron chi connectivity index (χ2n) is 3.91. The van der Waals surface area contributed by atoms with Gasteiger partial charge >= 0.3 is 0 Å². The van der Waals surface area contributed by atoms with E-state index in [1.165, 1.54) is 0 Å². The molecule has 0 aliphatic heterocycles. The summed E-state index contributed by atoms with van der Waals surface area (Å²) in [7, 11) is 0. The zero-order chi connectivity index (χ0) is 9.99. The van der Waals surface area contributed by atoms with Gasteiger partial charge in [-0.3, -0.25) is 0 Å². The first-order valence-electron chi connectivity index (χ1n) is 3.96. The van der Waals surface area contributed by atoms with Crippen molar-refractivity contribution in [3.63, 3.8) is 0 Å². The molecule has 0 fully saturated rings. The Morgan fingerprint density at radius 1 is 1.17 bits per heavy atom. The summed E-state index contributed by atoms with van der Waals surface area (Å²) in [6.45, 7) is 10.3. The van der Waals surface area contributed by atoms with Gasteiger partial charge in [0, 0.05) is 0 Å². The van der Waals surface area contributed by atoms with E-state index >= 15 is 0 Å². The predicted molar refractivity (Wildman–Crippen MR) is 50.9 cm³/mol. The first-order valence-corrected chi connectivity index (χ1v) is 3.96. The van der Waals surface area contributed by atoms with Crippen LogP contribution in [0.1, 0.15) is 27.7 Å². The Morgan fingerprint density at radius 3 is 1.83 bits per heavy atom. The molecule has 2 N–H and O–H groups in total. The minimum absolute atomic E-state index is 0.656. The van der Waals surface area contributed by atoms with Gasteiger partial charge in [0.05, 0.1) is 5.60 Å². The summed E-state index contributed by atoms with van der Waals surface area (Å²) < 4.78 is 0. The zero-order valence-electron chi connectivity index (χ0n) is 8.26. The highest BCUT2D eigenvalue weighted by atomic mass is 16.3. The van der Waals surface area contributed by atoms with Crippen LogP contribution in [0.5, 0.6) is 0 Å². The van der Waals surface area contributed by atoms with Crippen LogP contribution in [0.15, 0.2) is 24.3 Å². The van der Waals surface area contributed by atoms with Gasteiger partial charge in [0.15, 0.2) is 0 Å². The van der Waals surface area contributed by atoms with Gasteiger partial charge in [-0.1, -0.05) is 18.7 Å². The van der Waals surface area contributed by atoms with Crippen LogP contribution in [0.2, 0.25) is 0 Å². The van der Waals surface area contributed by atoms with Crippen LogP contribution >= 0.6 is 0 Å². The van der Waals surface area contributed by atoms with Gasteiger partial charge in [0.25, 0.3) is 0 Å². The lowest BCUT2D eigenvalue weighted by Gasteiger charge is -2.21. The van der Waals surface area contributed by atoms with E-state index in [2.05, 4.69) is 6.58 Å². The number of rotatable bonds is 3. The first kappa shape index (κ1) is 11.4. The normalized spacial score (nSPS) is 17.8.